The highest BCUT2D eigenvalue weighted by molar-refractivity contribution is 7.13. The van der Waals surface area contributed by atoms with Crippen molar-refractivity contribution in [2.24, 2.45) is 0 Å². The smallest absolute Gasteiger partial charge is 0.267 e. The first-order chi connectivity index (χ1) is 12.1. The Kier molecular flexibility index (Phi) is 5.48. The van der Waals surface area contributed by atoms with Gasteiger partial charge in [0.15, 0.2) is 0 Å². The fraction of sp³-hybridized carbons (Fsp3) is 0.421. The van der Waals surface area contributed by atoms with E-state index < -0.39 is 0 Å². The molecule has 1 saturated heterocycles. The minimum absolute atomic E-state index is 0.0350. The molecule has 0 atom stereocenters. The van der Waals surface area contributed by atoms with Crippen LogP contribution in [0.25, 0.3) is 0 Å². The van der Waals surface area contributed by atoms with Gasteiger partial charge in [0.2, 0.25) is 0 Å². The van der Waals surface area contributed by atoms with Crippen molar-refractivity contribution < 1.29 is 9.59 Å². The maximum absolute atomic E-state index is 12.6. The summed E-state index contributed by atoms with van der Waals surface area (Å²) in [5.41, 5.74) is 2.02. The van der Waals surface area contributed by atoms with Crippen LogP contribution in [0.5, 0.6) is 0 Å². The summed E-state index contributed by atoms with van der Waals surface area (Å²) < 4.78 is 0. The maximum atomic E-state index is 12.6. The number of benzene rings is 1. The van der Waals surface area contributed by atoms with Gasteiger partial charge in [0.05, 0.1) is 10.7 Å². The maximum Gasteiger partial charge on any atom is 0.267 e. The summed E-state index contributed by atoms with van der Waals surface area (Å²) >= 11 is 1.44. The lowest BCUT2D eigenvalue weighted by molar-refractivity contribution is 0.0792. The molecule has 3 rings (SSSR count). The van der Waals surface area contributed by atoms with Crippen molar-refractivity contribution >= 4 is 28.8 Å². The number of hydrogen-bond acceptors (Lipinski definition) is 4. The number of aromatic nitrogens is 1. The highest BCUT2D eigenvalue weighted by Gasteiger charge is 2.20. The van der Waals surface area contributed by atoms with Crippen LogP contribution >= 0.6 is 11.3 Å². The molecule has 1 aliphatic heterocycles. The number of nitrogens with one attached hydrogen (secondary N) is 1. The van der Waals surface area contributed by atoms with Crippen LogP contribution in [0.15, 0.2) is 24.3 Å². The Hall–Kier alpha value is -2.21. The highest BCUT2D eigenvalue weighted by Crippen LogP contribution is 2.22. The molecule has 0 aliphatic carbocycles. The number of likely N-dealkylation sites (tertiary alicyclic amines) is 1. The zero-order chi connectivity index (χ0) is 17.8. The number of carbonyl (C=O) groups is 2. The van der Waals surface area contributed by atoms with Gasteiger partial charge in [0.1, 0.15) is 4.88 Å². The predicted molar refractivity (Wildman–Crippen MR) is 100 cm³/mol. The number of rotatable bonds is 5. The average molecular weight is 357 g/mol. The molecule has 0 spiro atoms. The van der Waals surface area contributed by atoms with Crippen molar-refractivity contribution in [3.63, 3.8) is 0 Å². The first-order valence-corrected chi connectivity index (χ1v) is 9.57. The minimum Gasteiger partial charge on any atom is -0.339 e. The highest BCUT2D eigenvalue weighted by atomic mass is 32.1. The first-order valence-electron chi connectivity index (χ1n) is 8.75. The van der Waals surface area contributed by atoms with E-state index in [1.807, 2.05) is 17.9 Å². The van der Waals surface area contributed by atoms with Crippen molar-refractivity contribution in [3.8, 4) is 0 Å². The van der Waals surface area contributed by atoms with E-state index in [4.69, 9.17) is 0 Å². The Labute approximate surface area is 152 Å². The van der Waals surface area contributed by atoms with E-state index in [9.17, 15) is 9.59 Å². The van der Waals surface area contributed by atoms with Crippen LogP contribution < -0.4 is 5.32 Å². The molecule has 1 N–H and O–H groups in total. The van der Waals surface area contributed by atoms with Gasteiger partial charge in [-0.1, -0.05) is 13.0 Å². The van der Waals surface area contributed by atoms with Crippen molar-refractivity contribution in [1.82, 2.24) is 9.88 Å². The molecular formula is C19H23N3O2S. The van der Waals surface area contributed by atoms with Crippen molar-refractivity contribution in [2.75, 3.05) is 18.4 Å². The van der Waals surface area contributed by atoms with E-state index in [0.29, 0.717) is 16.1 Å². The Morgan fingerprint density at radius 3 is 2.76 bits per heavy atom. The number of aryl methyl sites for hydroxylation is 2. The van der Waals surface area contributed by atoms with Crippen molar-refractivity contribution in [2.45, 2.75) is 39.5 Å². The number of anilines is 1. The third kappa shape index (κ3) is 4.07. The Morgan fingerprint density at radius 1 is 1.28 bits per heavy atom. The largest absolute Gasteiger partial charge is 0.339 e. The molecule has 0 unspecified atom stereocenters. The second kappa shape index (κ2) is 7.78. The quantitative estimate of drug-likeness (QED) is 0.883. The topological polar surface area (TPSA) is 62.3 Å². The number of carbonyl (C=O) groups excluding carboxylic acids is 2. The molecule has 0 saturated carbocycles. The fourth-order valence-electron chi connectivity index (χ4n) is 3.00. The van der Waals surface area contributed by atoms with E-state index in [0.717, 1.165) is 49.5 Å². The number of thiazole rings is 1. The van der Waals surface area contributed by atoms with Crippen molar-refractivity contribution in [3.05, 3.63) is 45.4 Å². The van der Waals surface area contributed by atoms with Crippen LogP contribution in [0.1, 0.15) is 56.9 Å². The molecule has 1 aliphatic rings. The number of hydrogen-bond donors (Lipinski definition) is 1. The molecule has 2 amide bonds. The molecule has 1 aromatic heterocycles. The number of amides is 2. The van der Waals surface area contributed by atoms with Gasteiger partial charge in [-0.25, -0.2) is 4.98 Å². The lowest BCUT2D eigenvalue weighted by Crippen LogP contribution is -2.27. The van der Waals surface area contributed by atoms with Gasteiger partial charge >= 0.3 is 0 Å². The zero-order valence-corrected chi connectivity index (χ0v) is 15.5. The normalized spacial score (nSPS) is 13.9. The van der Waals surface area contributed by atoms with Gasteiger partial charge in [0.25, 0.3) is 11.8 Å². The second-order valence-electron chi connectivity index (χ2n) is 6.31. The molecule has 1 fully saturated rings. The Bertz CT molecular complexity index is 779. The minimum atomic E-state index is -0.164. The molecule has 132 valence electrons. The molecule has 6 heteroatoms. The first kappa shape index (κ1) is 17.6. The summed E-state index contributed by atoms with van der Waals surface area (Å²) in [4.78, 5) is 32.0. The van der Waals surface area contributed by atoms with Gasteiger partial charge in [-0.05, 0) is 50.8 Å². The molecule has 2 aromatic rings. The van der Waals surface area contributed by atoms with Crippen LogP contribution in [0.3, 0.4) is 0 Å². The van der Waals surface area contributed by atoms with E-state index in [2.05, 4.69) is 17.2 Å². The fourth-order valence-corrected chi connectivity index (χ4v) is 4.07. The summed E-state index contributed by atoms with van der Waals surface area (Å²) in [6.07, 6.45) is 4.02. The van der Waals surface area contributed by atoms with Crippen LogP contribution in [-0.4, -0.2) is 34.8 Å². The molecule has 2 heterocycles. The van der Waals surface area contributed by atoms with Gasteiger partial charge in [-0.3, -0.25) is 9.59 Å². The molecule has 25 heavy (non-hydrogen) atoms. The third-order valence-electron chi connectivity index (χ3n) is 4.27. The molecule has 1 aromatic carbocycles. The zero-order valence-electron chi connectivity index (χ0n) is 14.7. The summed E-state index contributed by atoms with van der Waals surface area (Å²) in [6, 6.07) is 7.17. The van der Waals surface area contributed by atoms with Crippen LogP contribution in [0, 0.1) is 6.92 Å². The van der Waals surface area contributed by atoms with E-state index >= 15 is 0 Å². The lowest BCUT2D eigenvalue weighted by atomic mass is 10.1. The van der Waals surface area contributed by atoms with Gasteiger partial charge in [-0.2, -0.15) is 0 Å². The molecule has 5 nitrogen and oxygen atoms in total. The summed E-state index contributed by atoms with van der Waals surface area (Å²) in [6.45, 7) is 5.59. The average Bonchev–Trinajstić information content (AvgIpc) is 3.24. The van der Waals surface area contributed by atoms with E-state index in [1.54, 1.807) is 18.2 Å². The SMILES string of the molecule is CCCc1nc(C)c(C(=O)Nc2cccc(C(=O)N3CCCC3)c2)s1. The van der Waals surface area contributed by atoms with Crippen LogP contribution in [0.4, 0.5) is 5.69 Å². The molecule has 0 radical (unpaired) electrons. The second-order valence-corrected chi connectivity index (χ2v) is 7.39. The summed E-state index contributed by atoms with van der Waals surface area (Å²) in [7, 11) is 0. The van der Waals surface area contributed by atoms with Gasteiger partial charge < -0.3 is 10.2 Å². The summed E-state index contributed by atoms with van der Waals surface area (Å²) in [5, 5.41) is 3.89. The van der Waals surface area contributed by atoms with Crippen LogP contribution in [0.2, 0.25) is 0 Å². The van der Waals surface area contributed by atoms with Crippen LogP contribution in [-0.2, 0) is 6.42 Å². The third-order valence-corrected chi connectivity index (χ3v) is 5.49. The van der Waals surface area contributed by atoms with E-state index in [1.165, 1.54) is 11.3 Å². The number of nitrogens with zero attached hydrogens (tertiary/aromatic N) is 2. The standard InChI is InChI=1S/C19H23N3O2S/c1-3-7-16-20-13(2)17(25-16)18(23)21-15-9-6-8-14(12-15)19(24)22-10-4-5-11-22/h6,8-9,12H,3-5,7,10-11H2,1-2H3,(H,21,23). The monoisotopic (exact) mass is 357 g/mol. The van der Waals surface area contributed by atoms with Gasteiger partial charge in [-0.15, -0.1) is 11.3 Å². The Morgan fingerprint density at radius 2 is 2.04 bits per heavy atom. The molecule has 0 bridgehead atoms. The Balaban J connectivity index is 1.73. The summed E-state index contributed by atoms with van der Waals surface area (Å²) in [5.74, 6) is -0.129. The predicted octanol–water partition coefficient (Wildman–Crippen LogP) is 3.89. The van der Waals surface area contributed by atoms with Crippen molar-refractivity contribution in [1.29, 1.82) is 0 Å². The van der Waals surface area contributed by atoms with Gasteiger partial charge in [0, 0.05) is 24.3 Å². The molecular weight excluding hydrogens is 334 g/mol. The lowest BCUT2D eigenvalue weighted by Gasteiger charge is -2.15. The van der Waals surface area contributed by atoms with E-state index in [-0.39, 0.29) is 11.8 Å².